The van der Waals surface area contributed by atoms with Crippen molar-refractivity contribution in [1.82, 2.24) is 14.4 Å². The Balaban J connectivity index is 0.00000374. The average Bonchev–Trinajstić information content (AvgIpc) is 3.67. The Kier molecular flexibility index (Phi) is 7.75. The molecule has 5 aromatic carbocycles. The molecule has 9 rings (SSSR count). The fraction of sp³-hybridized carbons (Fsp3) is 0.0889. The Bertz CT molecular complexity index is 2820. The number of para-hydroxylation sites is 1. The number of aromatic hydroxyl groups is 1. The van der Waals surface area contributed by atoms with Gasteiger partial charge in [0, 0.05) is 60.4 Å². The van der Waals surface area contributed by atoms with Crippen LogP contribution in [0.25, 0.3) is 83.0 Å². The molecular formula is C45H31N4OPt-. The second-order valence-corrected chi connectivity index (χ2v) is 13.9. The van der Waals surface area contributed by atoms with Gasteiger partial charge in [-0.2, -0.15) is 5.26 Å². The molecule has 0 saturated heterocycles. The molecule has 4 aromatic heterocycles. The minimum absolute atomic E-state index is 0. The molecule has 0 fully saturated rings. The number of fused-ring (bicyclic) bond motifs is 6. The summed E-state index contributed by atoms with van der Waals surface area (Å²) in [6.07, 6.45) is 1.85. The van der Waals surface area contributed by atoms with Gasteiger partial charge in [0.2, 0.25) is 0 Å². The number of hydrogen-bond donors (Lipinski definition) is 1. The van der Waals surface area contributed by atoms with Crippen molar-refractivity contribution in [1.29, 1.82) is 5.26 Å². The number of benzene rings is 5. The molecule has 248 valence electrons. The van der Waals surface area contributed by atoms with E-state index in [-0.39, 0.29) is 32.2 Å². The number of nitrogens with zero attached hydrogens (tertiary/aromatic N) is 4. The first-order valence-electron chi connectivity index (χ1n) is 16.7. The molecule has 0 radical (unpaired) electrons. The molecular weight excluding hydrogens is 808 g/mol. The molecule has 0 saturated carbocycles. The topological polar surface area (TPSA) is 74.2 Å². The van der Waals surface area contributed by atoms with Crippen molar-refractivity contribution in [3.8, 4) is 56.7 Å². The molecule has 0 aliphatic heterocycles. The maximum Gasteiger partial charge on any atom is 0.135 e. The molecule has 0 amide bonds. The Morgan fingerprint density at radius 3 is 2.22 bits per heavy atom. The number of phenolic OH excluding ortho intramolecular Hbond substituents is 1. The molecule has 4 heterocycles. The summed E-state index contributed by atoms with van der Waals surface area (Å²) in [6.45, 7) is 6.62. The standard InChI is InChI=1S/C45H31N4O.Pt/c1-45(2,3)32-22-30(21-31(23-32)39-24-29(18-19-47-39)28-10-5-4-6-11-28)37-13-9-14-38(48-37)36-25-35-33-17-16-27(26-46)20-41(33)49-40-15-8-7-12-34(40)42(43(35)49)44(36)50;/h4-20,22-25,50H,1-3H3;/q-1;. The van der Waals surface area contributed by atoms with Gasteiger partial charge in [0.05, 0.1) is 39.3 Å². The number of pyridine rings is 2. The Morgan fingerprint density at radius 2 is 1.43 bits per heavy atom. The smallest absolute Gasteiger partial charge is 0.135 e. The maximum atomic E-state index is 12.0. The summed E-state index contributed by atoms with van der Waals surface area (Å²) >= 11 is 0. The molecule has 0 spiro atoms. The van der Waals surface area contributed by atoms with E-state index >= 15 is 0 Å². The van der Waals surface area contributed by atoms with Gasteiger partial charge in [-0.05, 0) is 52.9 Å². The molecule has 0 bridgehead atoms. The first-order valence-corrected chi connectivity index (χ1v) is 16.7. The van der Waals surface area contributed by atoms with E-state index in [0.717, 1.165) is 77.3 Å². The van der Waals surface area contributed by atoms with Gasteiger partial charge in [0.25, 0.3) is 0 Å². The van der Waals surface area contributed by atoms with Gasteiger partial charge in [-0.3, -0.25) is 9.97 Å². The SMILES string of the molecule is CC(C)(C)c1cc(-c2cc(-c3ccccc3)ccn2)[c-]c(-c2cccc(-c3cc4c5ccc(C#N)cc5n5c6ccccc6c(c3O)c45)n2)c1.[Pt]. The first-order chi connectivity index (χ1) is 24.3. The number of hydrogen-bond acceptors (Lipinski definition) is 4. The van der Waals surface area contributed by atoms with E-state index in [1.807, 2.05) is 91.1 Å². The van der Waals surface area contributed by atoms with E-state index in [9.17, 15) is 10.4 Å². The van der Waals surface area contributed by atoms with Gasteiger partial charge >= 0.3 is 0 Å². The van der Waals surface area contributed by atoms with Crippen LogP contribution >= 0.6 is 0 Å². The van der Waals surface area contributed by atoms with Crippen LogP contribution in [0, 0.1) is 17.4 Å². The number of phenols is 1. The van der Waals surface area contributed by atoms with Crippen LogP contribution in [0.5, 0.6) is 5.75 Å². The van der Waals surface area contributed by atoms with Gasteiger partial charge in [-0.25, -0.2) is 0 Å². The predicted octanol–water partition coefficient (Wildman–Crippen LogP) is 11.0. The monoisotopic (exact) mass is 838 g/mol. The van der Waals surface area contributed by atoms with Crippen molar-refractivity contribution >= 4 is 38.1 Å². The summed E-state index contributed by atoms with van der Waals surface area (Å²) in [5.74, 6) is 0.187. The maximum absolute atomic E-state index is 12.0. The van der Waals surface area contributed by atoms with Crippen LogP contribution in [0.4, 0.5) is 0 Å². The average molecular weight is 839 g/mol. The minimum atomic E-state index is -0.131. The van der Waals surface area contributed by atoms with Crippen molar-refractivity contribution in [2.45, 2.75) is 26.2 Å². The molecule has 0 aliphatic rings. The summed E-state index contributed by atoms with van der Waals surface area (Å²) in [6, 6.07) is 46.6. The van der Waals surface area contributed by atoms with E-state index in [1.54, 1.807) is 0 Å². The molecule has 1 N–H and O–H groups in total. The summed E-state index contributed by atoms with van der Waals surface area (Å²) in [5.41, 5.74) is 11.4. The van der Waals surface area contributed by atoms with E-state index in [2.05, 4.69) is 73.7 Å². The van der Waals surface area contributed by atoms with Gasteiger partial charge in [0.15, 0.2) is 0 Å². The number of aromatic nitrogens is 3. The van der Waals surface area contributed by atoms with Crippen LogP contribution in [-0.4, -0.2) is 19.5 Å². The zero-order valence-corrected chi connectivity index (χ0v) is 30.4. The third-order valence-electron chi connectivity index (χ3n) is 9.75. The normalized spacial score (nSPS) is 11.7. The third kappa shape index (κ3) is 5.27. The Labute approximate surface area is 310 Å². The molecule has 5 nitrogen and oxygen atoms in total. The van der Waals surface area contributed by atoms with Crippen molar-refractivity contribution in [3.63, 3.8) is 0 Å². The summed E-state index contributed by atoms with van der Waals surface area (Å²) in [7, 11) is 0. The molecule has 0 unspecified atom stereocenters. The van der Waals surface area contributed by atoms with Crippen molar-refractivity contribution in [2.24, 2.45) is 0 Å². The second kappa shape index (κ2) is 12.2. The van der Waals surface area contributed by atoms with Crippen LogP contribution in [0.1, 0.15) is 31.9 Å². The third-order valence-corrected chi connectivity index (χ3v) is 9.75. The molecule has 0 atom stereocenters. The van der Waals surface area contributed by atoms with Crippen molar-refractivity contribution in [2.75, 3.05) is 0 Å². The molecule has 6 heteroatoms. The van der Waals surface area contributed by atoms with Crippen LogP contribution in [0.15, 0.2) is 128 Å². The fourth-order valence-corrected chi connectivity index (χ4v) is 7.22. The molecule has 0 aliphatic carbocycles. The van der Waals surface area contributed by atoms with Crippen LogP contribution in [0.2, 0.25) is 0 Å². The molecule has 51 heavy (non-hydrogen) atoms. The largest absolute Gasteiger partial charge is 0.507 e. The van der Waals surface area contributed by atoms with Crippen LogP contribution < -0.4 is 0 Å². The van der Waals surface area contributed by atoms with E-state index in [4.69, 9.17) is 9.97 Å². The Hall–Kier alpha value is -5.82. The van der Waals surface area contributed by atoms with Gasteiger partial charge in [-0.15, -0.1) is 23.8 Å². The first kappa shape index (κ1) is 32.4. The quantitative estimate of drug-likeness (QED) is 0.179. The van der Waals surface area contributed by atoms with Gasteiger partial charge < -0.3 is 9.51 Å². The number of nitriles is 1. The van der Waals surface area contributed by atoms with E-state index in [1.165, 1.54) is 0 Å². The van der Waals surface area contributed by atoms with Crippen molar-refractivity contribution in [3.05, 3.63) is 145 Å². The van der Waals surface area contributed by atoms with E-state index in [0.29, 0.717) is 16.8 Å². The fourth-order valence-electron chi connectivity index (χ4n) is 7.22. The van der Waals surface area contributed by atoms with Crippen LogP contribution in [0.3, 0.4) is 0 Å². The second-order valence-electron chi connectivity index (χ2n) is 13.9. The Morgan fingerprint density at radius 1 is 0.686 bits per heavy atom. The molecule has 9 aromatic rings. The van der Waals surface area contributed by atoms with Crippen LogP contribution in [-0.2, 0) is 26.5 Å². The summed E-state index contributed by atoms with van der Waals surface area (Å²) < 4.78 is 2.17. The minimum Gasteiger partial charge on any atom is -0.507 e. The van der Waals surface area contributed by atoms with E-state index < -0.39 is 0 Å². The van der Waals surface area contributed by atoms with Gasteiger partial charge in [-0.1, -0.05) is 105 Å². The van der Waals surface area contributed by atoms with Gasteiger partial charge in [0.1, 0.15) is 5.75 Å². The number of rotatable bonds is 4. The zero-order valence-electron chi connectivity index (χ0n) is 28.2. The predicted molar refractivity (Wildman–Crippen MR) is 202 cm³/mol. The van der Waals surface area contributed by atoms with Crippen molar-refractivity contribution < 1.29 is 26.2 Å². The summed E-state index contributed by atoms with van der Waals surface area (Å²) in [4.78, 5) is 9.95. The summed E-state index contributed by atoms with van der Waals surface area (Å²) in [5, 5.41) is 25.5. The zero-order chi connectivity index (χ0) is 34.1.